The van der Waals surface area contributed by atoms with Crippen LogP contribution < -0.4 is 15.0 Å². The van der Waals surface area contributed by atoms with E-state index in [9.17, 15) is 5.11 Å². The molecule has 0 radical (unpaired) electrons. The molecular weight excluding hydrogens is 264 g/mol. The smallest absolute Gasteiger partial charge is 0.125 e. The SMILES string of the molecule is CCCNC(C)c1c(OC)cccc1N(C)C(C)(C)CO. The first-order chi connectivity index (χ1) is 9.88. The highest BCUT2D eigenvalue weighted by Gasteiger charge is 2.27. The molecular formula is C17H30N2O2. The summed E-state index contributed by atoms with van der Waals surface area (Å²) in [7, 11) is 3.72. The Labute approximate surface area is 129 Å². The van der Waals surface area contributed by atoms with E-state index in [2.05, 4.69) is 30.1 Å². The molecule has 1 atom stereocenters. The van der Waals surface area contributed by atoms with Crippen LogP contribution in [-0.4, -0.2) is 38.0 Å². The Kier molecular flexibility index (Phi) is 6.49. The maximum Gasteiger partial charge on any atom is 0.125 e. The maximum atomic E-state index is 9.63. The van der Waals surface area contributed by atoms with E-state index < -0.39 is 0 Å². The summed E-state index contributed by atoms with van der Waals surface area (Å²) in [5.41, 5.74) is 1.90. The maximum absolute atomic E-state index is 9.63. The number of methoxy groups -OCH3 is 1. The lowest BCUT2D eigenvalue weighted by Crippen LogP contribution is -2.45. The van der Waals surface area contributed by atoms with Crippen LogP contribution in [0.5, 0.6) is 5.75 Å². The van der Waals surface area contributed by atoms with Crippen LogP contribution >= 0.6 is 0 Å². The zero-order valence-electron chi connectivity index (χ0n) is 14.2. The largest absolute Gasteiger partial charge is 0.496 e. The van der Waals surface area contributed by atoms with Crippen molar-refractivity contribution in [1.82, 2.24) is 5.32 Å². The monoisotopic (exact) mass is 294 g/mol. The highest BCUT2D eigenvalue weighted by molar-refractivity contribution is 5.61. The van der Waals surface area contributed by atoms with Crippen LogP contribution in [0, 0.1) is 0 Å². The number of rotatable bonds is 8. The summed E-state index contributed by atoms with van der Waals surface area (Å²) in [5, 5.41) is 13.2. The lowest BCUT2D eigenvalue weighted by Gasteiger charge is -2.38. The van der Waals surface area contributed by atoms with Gasteiger partial charge in [0.2, 0.25) is 0 Å². The normalized spacial score (nSPS) is 13.1. The third kappa shape index (κ3) is 4.11. The number of benzene rings is 1. The Morgan fingerprint density at radius 1 is 1.38 bits per heavy atom. The predicted octanol–water partition coefficient (Wildman–Crippen LogP) is 2.96. The van der Waals surface area contributed by atoms with E-state index in [0.29, 0.717) is 0 Å². The minimum Gasteiger partial charge on any atom is -0.496 e. The van der Waals surface area contributed by atoms with Gasteiger partial charge < -0.3 is 20.1 Å². The molecule has 0 aliphatic carbocycles. The van der Waals surface area contributed by atoms with Crippen molar-refractivity contribution < 1.29 is 9.84 Å². The second kappa shape index (κ2) is 7.66. The number of nitrogens with one attached hydrogen (secondary N) is 1. The fourth-order valence-electron chi connectivity index (χ4n) is 2.33. The van der Waals surface area contributed by atoms with Gasteiger partial charge in [-0.3, -0.25) is 0 Å². The van der Waals surface area contributed by atoms with E-state index in [1.807, 2.05) is 33.0 Å². The van der Waals surface area contributed by atoms with Crippen molar-refractivity contribution in [3.63, 3.8) is 0 Å². The van der Waals surface area contributed by atoms with Crippen LogP contribution in [0.4, 0.5) is 5.69 Å². The predicted molar refractivity (Wildman–Crippen MR) is 89.3 cm³/mol. The van der Waals surface area contributed by atoms with Gasteiger partial charge >= 0.3 is 0 Å². The molecule has 0 saturated heterocycles. The standard InChI is InChI=1S/C17H30N2O2/c1-7-11-18-13(2)16-14(9-8-10-15(16)21-6)19(5)17(3,4)12-20/h8-10,13,18,20H,7,11-12H2,1-6H3. The minimum atomic E-state index is -0.328. The molecule has 0 heterocycles. The number of hydrogen-bond donors (Lipinski definition) is 2. The van der Waals surface area contributed by atoms with Crippen molar-refractivity contribution >= 4 is 5.69 Å². The lowest BCUT2D eigenvalue weighted by atomic mass is 9.98. The van der Waals surface area contributed by atoms with Crippen LogP contribution in [0.25, 0.3) is 0 Å². The highest BCUT2D eigenvalue weighted by Crippen LogP contribution is 2.36. The Morgan fingerprint density at radius 2 is 2.05 bits per heavy atom. The molecule has 4 heteroatoms. The molecule has 0 fully saturated rings. The summed E-state index contributed by atoms with van der Waals surface area (Å²) in [4.78, 5) is 2.12. The first-order valence-electron chi connectivity index (χ1n) is 7.64. The molecule has 0 saturated carbocycles. The summed E-state index contributed by atoms with van der Waals surface area (Å²) in [5.74, 6) is 0.879. The minimum absolute atomic E-state index is 0.0942. The van der Waals surface area contributed by atoms with Crippen LogP contribution in [0.1, 0.15) is 45.7 Å². The number of aliphatic hydroxyl groups is 1. The number of nitrogens with zero attached hydrogens (tertiary/aromatic N) is 1. The zero-order valence-corrected chi connectivity index (χ0v) is 14.2. The number of ether oxygens (including phenoxy) is 1. The van der Waals surface area contributed by atoms with E-state index >= 15 is 0 Å². The van der Waals surface area contributed by atoms with Gasteiger partial charge in [-0.25, -0.2) is 0 Å². The van der Waals surface area contributed by atoms with Gasteiger partial charge in [0.25, 0.3) is 0 Å². The Morgan fingerprint density at radius 3 is 2.57 bits per heavy atom. The molecule has 1 aromatic carbocycles. The average molecular weight is 294 g/mol. The van der Waals surface area contributed by atoms with Crippen molar-refractivity contribution in [2.75, 3.05) is 32.2 Å². The molecule has 1 unspecified atom stereocenters. The van der Waals surface area contributed by atoms with Gasteiger partial charge in [0, 0.05) is 24.3 Å². The first kappa shape index (κ1) is 17.8. The molecule has 0 bridgehead atoms. The molecule has 1 aromatic rings. The molecule has 1 rings (SSSR count). The highest BCUT2D eigenvalue weighted by atomic mass is 16.5. The quantitative estimate of drug-likeness (QED) is 0.774. The van der Waals surface area contributed by atoms with E-state index in [-0.39, 0.29) is 18.2 Å². The number of hydrogen-bond acceptors (Lipinski definition) is 4. The number of anilines is 1. The van der Waals surface area contributed by atoms with Crippen molar-refractivity contribution in [3.8, 4) is 5.75 Å². The summed E-state index contributed by atoms with van der Waals surface area (Å²) >= 11 is 0. The zero-order chi connectivity index (χ0) is 16.0. The summed E-state index contributed by atoms with van der Waals surface area (Å²) < 4.78 is 5.55. The Balaban J connectivity index is 3.25. The van der Waals surface area contributed by atoms with Gasteiger partial charge in [-0.2, -0.15) is 0 Å². The lowest BCUT2D eigenvalue weighted by molar-refractivity contribution is 0.216. The van der Waals surface area contributed by atoms with Gasteiger partial charge in [-0.05, 0) is 45.9 Å². The third-order valence-electron chi connectivity index (χ3n) is 4.05. The Bertz CT molecular complexity index is 446. The second-order valence-corrected chi connectivity index (χ2v) is 6.10. The molecule has 0 amide bonds. The summed E-state index contributed by atoms with van der Waals surface area (Å²) in [6, 6.07) is 6.25. The molecule has 0 spiro atoms. The second-order valence-electron chi connectivity index (χ2n) is 6.10. The van der Waals surface area contributed by atoms with Gasteiger partial charge in [0.15, 0.2) is 0 Å². The van der Waals surface area contributed by atoms with E-state index in [4.69, 9.17) is 4.74 Å². The molecule has 2 N–H and O–H groups in total. The van der Waals surface area contributed by atoms with Crippen LogP contribution in [0.15, 0.2) is 18.2 Å². The van der Waals surface area contributed by atoms with Crippen LogP contribution in [0.3, 0.4) is 0 Å². The summed E-state index contributed by atoms with van der Waals surface area (Å²) in [6.07, 6.45) is 1.09. The molecule has 120 valence electrons. The molecule has 21 heavy (non-hydrogen) atoms. The van der Waals surface area contributed by atoms with Gasteiger partial charge in [0.05, 0.1) is 19.3 Å². The average Bonchev–Trinajstić information content (AvgIpc) is 2.50. The number of aliphatic hydroxyl groups excluding tert-OH is 1. The molecule has 0 aliphatic heterocycles. The fraction of sp³-hybridized carbons (Fsp3) is 0.647. The van der Waals surface area contributed by atoms with Crippen molar-refractivity contribution in [2.24, 2.45) is 0 Å². The van der Waals surface area contributed by atoms with E-state index in [1.165, 1.54) is 0 Å². The topological polar surface area (TPSA) is 44.7 Å². The molecule has 0 aromatic heterocycles. The van der Waals surface area contributed by atoms with Gasteiger partial charge in [-0.15, -0.1) is 0 Å². The van der Waals surface area contributed by atoms with Gasteiger partial charge in [-0.1, -0.05) is 13.0 Å². The molecule has 4 nitrogen and oxygen atoms in total. The molecule has 0 aliphatic rings. The number of likely N-dealkylation sites (N-methyl/N-ethyl adjacent to an activating group) is 1. The Hall–Kier alpha value is -1.26. The van der Waals surface area contributed by atoms with Crippen LogP contribution in [-0.2, 0) is 0 Å². The van der Waals surface area contributed by atoms with Crippen LogP contribution in [0.2, 0.25) is 0 Å². The van der Waals surface area contributed by atoms with Crippen molar-refractivity contribution in [1.29, 1.82) is 0 Å². The van der Waals surface area contributed by atoms with E-state index in [0.717, 1.165) is 30.0 Å². The van der Waals surface area contributed by atoms with Crippen molar-refractivity contribution in [2.45, 2.75) is 45.7 Å². The third-order valence-corrected chi connectivity index (χ3v) is 4.05. The van der Waals surface area contributed by atoms with E-state index in [1.54, 1.807) is 7.11 Å². The van der Waals surface area contributed by atoms with Crippen molar-refractivity contribution in [3.05, 3.63) is 23.8 Å². The fourth-order valence-corrected chi connectivity index (χ4v) is 2.33. The van der Waals surface area contributed by atoms with Gasteiger partial charge in [0.1, 0.15) is 5.75 Å². The summed E-state index contributed by atoms with van der Waals surface area (Å²) in [6.45, 7) is 9.42. The first-order valence-corrected chi connectivity index (χ1v) is 7.64.